The van der Waals surface area contributed by atoms with Crippen molar-refractivity contribution >= 4 is 50.4 Å². The Kier molecular flexibility index (Phi) is 6.06. The number of carbonyl (C=O) groups excluding carboxylic acids is 2. The highest BCUT2D eigenvalue weighted by Crippen LogP contribution is 2.38. The molecule has 0 spiro atoms. The molecule has 0 saturated carbocycles. The number of aromatic nitrogens is 3. The van der Waals surface area contributed by atoms with Crippen LogP contribution in [-0.4, -0.2) is 63.8 Å². The van der Waals surface area contributed by atoms with Gasteiger partial charge in [0.1, 0.15) is 5.82 Å². The fourth-order valence-electron chi connectivity index (χ4n) is 3.55. The Hall–Kier alpha value is -2.78. The van der Waals surface area contributed by atoms with Crippen molar-refractivity contribution in [3.8, 4) is 0 Å². The Morgan fingerprint density at radius 3 is 2.84 bits per heavy atom. The summed E-state index contributed by atoms with van der Waals surface area (Å²) >= 11 is 7.54. The van der Waals surface area contributed by atoms with E-state index in [0.717, 1.165) is 16.9 Å². The fraction of sp³-hybridized carbons (Fsp3) is 0.333. The summed E-state index contributed by atoms with van der Waals surface area (Å²) in [7, 11) is 3.30. The maximum atomic E-state index is 15.4. The molecule has 10 heteroatoms. The van der Waals surface area contributed by atoms with E-state index in [4.69, 9.17) is 11.6 Å². The van der Waals surface area contributed by atoms with E-state index in [1.807, 2.05) is 6.08 Å². The molecule has 162 valence electrons. The maximum Gasteiger partial charge on any atom is 0.263 e. The summed E-state index contributed by atoms with van der Waals surface area (Å²) in [6.45, 7) is 1.33. The molecule has 1 aliphatic heterocycles. The molecule has 4 rings (SSSR count). The second-order valence-electron chi connectivity index (χ2n) is 7.52. The standard InChI is InChI=1S/C21H21ClFN5O2S/c1-26(2)21(30)17-11-15-16(22)10-14(19(23)20(15)31-17)13-4-3-7-27(12-13)18(29)5-8-28-9-6-24-25-28/h4,6,9-11H,3,5,7-8,12H2,1-2H3. The molecule has 0 aliphatic carbocycles. The minimum Gasteiger partial charge on any atom is -0.344 e. The summed E-state index contributed by atoms with van der Waals surface area (Å²) in [5.74, 6) is -0.631. The van der Waals surface area contributed by atoms with Crippen molar-refractivity contribution in [1.29, 1.82) is 0 Å². The van der Waals surface area contributed by atoms with Crippen LogP contribution < -0.4 is 0 Å². The Labute approximate surface area is 187 Å². The van der Waals surface area contributed by atoms with Crippen LogP contribution in [0.3, 0.4) is 0 Å². The highest BCUT2D eigenvalue weighted by molar-refractivity contribution is 7.21. The second-order valence-corrected chi connectivity index (χ2v) is 8.98. The summed E-state index contributed by atoms with van der Waals surface area (Å²) in [4.78, 5) is 28.5. The number of carbonyl (C=O) groups is 2. The van der Waals surface area contributed by atoms with E-state index in [1.54, 1.807) is 48.2 Å². The first kappa shape index (κ1) is 21.5. The lowest BCUT2D eigenvalue weighted by Gasteiger charge is -2.28. The van der Waals surface area contributed by atoms with Gasteiger partial charge in [-0.2, -0.15) is 0 Å². The molecule has 0 N–H and O–H groups in total. The second kappa shape index (κ2) is 8.76. The SMILES string of the molecule is CN(C)C(=O)c1cc2c(Cl)cc(C3=CCCN(C(=O)CCn4ccnn4)C3)c(F)c2s1. The van der Waals surface area contributed by atoms with Crippen LogP contribution in [0.15, 0.2) is 30.6 Å². The van der Waals surface area contributed by atoms with E-state index in [1.165, 1.54) is 4.90 Å². The van der Waals surface area contributed by atoms with E-state index in [2.05, 4.69) is 10.3 Å². The smallest absolute Gasteiger partial charge is 0.263 e. The van der Waals surface area contributed by atoms with Gasteiger partial charge in [0.2, 0.25) is 5.91 Å². The van der Waals surface area contributed by atoms with Gasteiger partial charge in [0.25, 0.3) is 5.91 Å². The third-order valence-electron chi connectivity index (χ3n) is 5.19. The van der Waals surface area contributed by atoms with Gasteiger partial charge in [0.05, 0.1) is 27.3 Å². The molecule has 2 amide bonds. The first-order valence-electron chi connectivity index (χ1n) is 9.79. The van der Waals surface area contributed by atoms with E-state index in [0.29, 0.717) is 58.0 Å². The lowest BCUT2D eigenvalue weighted by atomic mass is 9.99. The summed E-state index contributed by atoms with van der Waals surface area (Å²) in [6, 6.07) is 3.22. The molecule has 0 fully saturated rings. The molecule has 2 aromatic heterocycles. The monoisotopic (exact) mass is 461 g/mol. The molecule has 3 heterocycles. The maximum absolute atomic E-state index is 15.4. The third kappa shape index (κ3) is 4.33. The number of benzene rings is 1. The first-order valence-corrected chi connectivity index (χ1v) is 11.0. The van der Waals surface area contributed by atoms with Crippen LogP contribution in [0.4, 0.5) is 4.39 Å². The minimum absolute atomic E-state index is 0.0244. The van der Waals surface area contributed by atoms with Gasteiger partial charge in [-0.3, -0.25) is 14.3 Å². The van der Waals surface area contributed by atoms with Gasteiger partial charge in [-0.25, -0.2) is 4.39 Å². The zero-order valence-corrected chi connectivity index (χ0v) is 18.7. The fourth-order valence-corrected chi connectivity index (χ4v) is 5.01. The molecule has 7 nitrogen and oxygen atoms in total. The van der Waals surface area contributed by atoms with Gasteiger partial charge < -0.3 is 9.80 Å². The highest BCUT2D eigenvalue weighted by Gasteiger charge is 2.24. The third-order valence-corrected chi connectivity index (χ3v) is 6.62. The van der Waals surface area contributed by atoms with Gasteiger partial charge in [0.15, 0.2) is 0 Å². The first-order chi connectivity index (χ1) is 14.8. The molecule has 0 unspecified atom stereocenters. The normalized spacial score (nSPS) is 14.1. The Bertz CT molecular complexity index is 1170. The van der Waals surface area contributed by atoms with Crippen molar-refractivity contribution in [3.63, 3.8) is 0 Å². The van der Waals surface area contributed by atoms with Gasteiger partial charge >= 0.3 is 0 Å². The van der Waals surface area contributed by atoms with Crippen LogP contribution in [0.1, 0.15) is 28.1 Å². The minimum atomic E-state index is -0.412. The van der Waals surface area contributed by atoms with Crippen LogP contribution in [0, 0.1) is 5.82 Å². The van der Waals surface area contributed by atoms with Crippen molar-refractivity contribution in [3.05, 3.63) is 51.9 Å². The molecular formula is C21H21ClFN5O2S. The molecule has 0 bridgehead atoms. The Morgan fingerprint density at radius 2 is 2.13 bits per heavy atom. The number of fused-ring (bicyclic) bond motifs is 1. The van der Waals surface area contributed by atoms with Crippen molar-refractivity contribution in [2.75, 3.05) is 27.2 Å². The van der Waals surface area contributed by atoms with Crippen molar-refractivity contribution < 1.29 is 14.0 Å². The number of rotatable bonds is 5. The van der Waals surface area contributed by atoms with Crippen LogP contribution in [-0.2, 0) is 11.3 Å². The van der Waals surface area contributed by atoms with E-state index in [9.17, 15) is 9.59 Å². The summed E-state index contributed by atoms with van der Waals surface area (Å²) < 4.78 is 17.4. The highest BCUT2D eigenvalue weighted by atomic mass is 35.5. The average molecular weight is 462 g/mol. The van der Waals surface area contributed by atoms with Crippen molar-refractivity contribution in [2.24, 2.45) is 0 Å². The number of hydrogen-bond acceptors (Lipinski definition) is 5. The van der Waals surface area contributed by atoms with Crippen LogP contribution in [0.5, 0.6) is 0 Å². The van der Waals surface area contributed by atoms with Gasteiger partial charge in [0, 0.05) is 50.8 Å². The number of amides is 2. The number of aryl methyl sites for hydroxylation is 1. The molecule has 0 saturated heterocycles. The summed E-state index contributed by atoms with van der Waals surface area (Å²) in [5, 5.41) is 8.51. The Morgan fingerprint density at radius 1 is 1.32 bits per heavy atom. The average Bonchev–Trinajstić information content (AvgIpc) is 3.44. The molecule has 3 aromatic rings. The topological polar surface area (TPSA) is 71.3 Å². The van der Waals surface area contributed by atoms with E-state index in [-0.39, 0.29) is 11.8 Å². The number of hydrogen-bond donors (Lipinski definition) is 0. The van der Waals surface area contributed by atoms with Crippen LogP contribution >= 0.6 is 22.9 Å². The summed E-state index contributed by atoms with van der Waals surface area (Å²) in [6.07, 6.45) is 6.14. The Balaban J connectivity index is 1.57. The lowest BCUT2D eigenvalue weighted by Crippen LogP contribution is -2.36. The van der Waals surface area contributed by atoms with E-state index < -0.39 is 5.82 Å². The lowest BCUT2D eigenvalue weighted by molar-refractivity contribution is -0.131. The van der Waals surface area contributed by atoms with E-state index >= 15 is 4.39 Å². The predicted molar refractivity (Wildman–Crippen MR) is 119 cm³/mol. The quantitative estimate of drug-likeness (QED) is 0.581. The van der Waals surface area contributed by atoms with Crippen LogP contribution in [0.25, 0.3) is 15.7 Å². The largest absolute Gasteiger partial charge is 0.344 e. The number of halogens is 2. The van der Waals surface area contributed by atoms with Crippen molar-refractivity contribution in [1.82, 2.24) is 24.8 Å². The predicted octanol–water partition coefficient (Wildman–Crippen LogP) is 3.69. The molecule has 1 aromatic carbocycles. The van der Waals surface area contributed by atoms with Crippen molar-refractivity contribution in [2.45, 2.75) is 19.4 Å². The molecule has 31 heavy (non-hydrogen) atoms. The zero-order valence-electron chi connectivity index (χ0n) is 17.1. The zero-order chi connectivity index (χ0) is 22.1. The van der Waals surface area contributed by atoms with Crippen LogP contribution in [0.2, 0.25) is 5.02 Å². The number of nitrogens with zero attached hydrogens (tertiary/aromatic N) is 5. The molecule has 1 aliphatic rings. The molecular weight excluding hydrogens is 441 g/mol. The summed E-state index contributed by atoms with van der Waals surface area (Å²) in [5.41, 5.74) is 1.09. The van der Waals surface area contributed by atoms with Gasteiger partial charge in [-0.1, -0.05) is 22.9 Å². The molecule has 0 atom stereocenters. The van der Waals surface area contributed by atoms with Gasteiger partial charge in [-0.15, -0.1) is 16.4 Å². The van der Waals surface area contributed by atoms with Gasteiger partial charge in [-0.05, 0) is 24.1 Å². The number of thiophene rings is 1. The molecule has 0 radical (unpaired) electrons.